The van der Waals surface area contributed by atoms with E-state index in [0.29, 0.717) is 48.1 Å². The summed E-state index contributed by atoms with van der Waals surface area (Å²) < 4.78 is 33.5. The second-order valence-corrected chi connectivity index (χ2v) is 8.19. The maximum absolute atomic E-state index is 14.7. The van der Waals surface area contributed by atoms with E-state index in [4.69, 9.17) is 14.2 Å². The number of nitrogens with zero attached hydrogens (tertiary/aromatic N) is 5. The summed E-state index contributed by atoms with van der Waals surface area (Å²) in [4.78, 5) is 16.0. The van der Waals surface area contributed by atoms with Gasteiger partial charge in [0.05, 0.1) is 39.3 Å². The summed E-state index contributed by atoms with van der Waals surface area (Å²) in [5.41, 5.74) is 1.67. The number of halogens is 1. The highest BCUT2D eigenvalue weighted by atomic mass is 19.1. The van der Waals surface area contributed by atoms with Crippen LogP contribution in [0.3, 0.4) is 0 Å². The van der Waals surface area contributed by atoms with Crippen molar-refractivity contribution in [2.75, 3.05) is 57.9 Å². The second-order valence-electron chi connectivity index (χ2n) is 8.19. The molecule has 0 radical (unpaired) electrons. The first kappa shape index (κ1) is 24.2. The van der Waals surface area contributed by atoms with Gasteiger partial charge in [-0.15, -0.1) is 0 Å². The third-order valence-corrected chi connectivity index (χ3v) is 5.57. The highest BCUT2D eigenvalue weighted by Gasteiger charge is 2.18. The van der Waals surface area contributed by atoms with Crippen LogP contribution >= 0.6 is 0 Å². The van der Waals surface area contributed by atoms with E-state index in [1.807, 2.05) is 13.8 Å². The molecule has 9 nitrogen and oxygen atoms in total. The molecule has 10 heteroatoms. The lowest BCUT2D eigenvalue weighted by Gasteiger charge is -2.26. The molecule has 0 atom stereocenters. The standard InChI is InChI=1S/C24H33FN6O3/c1-3-12-33-20-7-5-6-19(25)18(20)16-31-17-27-21-22(26-8-9-30-10-14-32-15-11-30)28-24(29-23(21)31)34-13-4-2/h5-7,17H,3-4,8-16H2,1-2H3,(H,26,28,29). The minimum atomic E-state index is -0.323. The molecular weight excluding hydrogens is 439 g/mol. The molecule has 1 aromatic carbocycles. The van der Waals surface area contributed by atoms with Gasteiger partial charge in [-0.2, -0.15) is 9.97 Å². The topological polar surface area (TPSA) is 86.6 Å². The van der Waals surface area contributed by atoms with Crippen LogP contribution in [0.5, 0.6) is 11.8 Å². The third kappa shape index (κ3) is 5.92. The van der Waals surface area contributed by atoms with Gasteiger partial charge in [-0.3, -0.25) is 4.90 Å². The molecule has 34 heavy (non-hydrogen) atoms. The number of rotatable bonds is 12. The van der Waals surface area contributed by atoms with Gasteiger partial charge in [0.15, 0.2) is 17.0 Å². The van der Waals surface area contributed by atoms with Crippen LogP contribution in [0.4, 0.5) is 10.2 Å². The van der Waals surface area contributed by atoms with Crippen LogP contribution in [0, 0.1) is 5.82 Å². The predicted molar refractivity (Wildman–Crippen MR) is 128 cm³/mol. The number of benzene rings is 1. The number of ether oxygens (including phenoxy) is 3. The summed E-state index contributed by atoms with van der Waals surface area (Å²) in [6.07, 6.45) is 3.34. The lowest BCUT2D eigenvalue weighted by Crippen LogP contribution is -2.39. The molecule has 0 amide bonds. The number of aromatic nitrogens is 4. The number of hydrogen-bond acceptors (Lipinski definition) is 8. The Morgan fingerprint density at radius 1 is 1.09 bits per heavy atom. The molecule has 1 N–H and O–H groups in total. The Kier molecular flexibility index (Phi) is 8.48. The number of hydrogen-bond donors (Lipinski definition) is 1. The highest BCUT2D eigenvalue weighted by Crippen LogP contribution is 2.27. The SMILES string of the molecule is CCCOc1nc(NCCN2CCOCC2)c2ncn(Cc3c(F)cccc3OCCC)c2n1. The van der Waals surface area contributed by atoms with E-state index in [9.17, 15) is 4.39 Å². The van der Waals surface area contributed by atoms with Crippen molar-refractivity contribution in [2.45, 2.75) is 33.2 Å². The average molecular weight is 473 g/mol. The minimum Gasteiger partial charge on any atom is -0.493 e. The summed E-state index contributed by atoms with van der Waals surface area (Å²) in [7, 11) is 0. The van der Waals surface area contributed by atoms with Crippen molar-refractivity contribution >= 4 is 17.0 Å². The lowest BCUT2D eigenvalue weighted by molar-refractivity contribution is 0.0398. The molecular formula is C24H33FN6O3. The van der Waals surface area contributed by atoms with Gasteiger partial charge in [-0.05, 0) is 25.0 Å². The van der Waals surface area contributed by atoms with Crippen molar-refractivity contribution in [2.24, 2.45) is 0 Å². The quantitative estimate of drug-likeness (QED) is 0.430. The zero-order chi connectivity index (χ0) is 23.8. The Morgan fingerprint density at radius 3 is 2.68 bits per heavy atom. The summed E-state index contributed by atoms with van der Waals surface area (Å²) in [5, 5.41) is 3.39. The number of nitrogens with one attached hydrogen (secondary N) is 1. The Bertz CT molecular complexity index is 1070. The summed E-state index contributed by atoms with van der Waals surface area (Å²) in [6, 6.07) is 5.17. The minimum absolute atomic E-state index is 0.236. The third-order valence-electron chi connectivity index (χ3n) is 5.57. The van der Waals surface area contributed by atoms with Gasteiger partial charge in [-0.1, -0.05) is 19.9 Å². The molecule has 0 saturated carbocycles. The fraction of sp³-hybridized carbons (Fsp3) is 0.542. The molecule has 0 spiro atoms. The lowest BCUT2D eigenvalue weighted by atomic mass is 10.2. The zero-order valence-corrected chi connectivity index (χ0v) is 19.9. The molecule has 2 aromatic heterocycles. The molecule has 1 fully saturated rings. The Balaban J connectivity index is 1.59. The molecule has 1 aliphatic heterocycles. The van der Waals surface area contributed by atoms with Crippen molar-refractivity contribution in [3.05, 3.63) is 35.9 Å². The van der Waals surface area contributed by atoms with E-state index in [0.717, 1.165) is 45.7 Å². The summed E-state index contributed by atoms with van der Waals surface area (Å²) in [5.74, 6) is 0.819. The van der Waals surface area contributed by atoms with Crippen LogP contribution < -0.4 is 14.8 Å². The van der Waals surface area contributed by atoms with Gasteiger partial charge >= 0.3 is 6.01 Å². The fourth-order valence-corrected chi connectivity index (χ4v) is 3.79. The van der Waals surface area contributed by atoms with Crippen molar-refractivity contribution in [1.82, 2.24) is 24.4 Å². The molecule has 1 aliphatic rings. The summed E-state index contributed by atoms with van der Waals surface area (Å²) in [6.45, 7) is 10.3. The van der Waals surface area contributed by atoms with Gasteiger partial charge in [-0.25, -0.2) is 9.37 Å². The monoisotopic (exact) mass is 472 g/mol. The van der Waals surface area contributed by atoms with Crippen LogP contribution in [-0.4, -0.2) is 77.0 Å². The number of fused-ring (bicyclic) bond motifs is 1. The van der Waals surface area contributed by atoms with E-state index < -0.39 is 0 Å². The smallest absolute Gasteiger partial charge is 0.320 e. The molecule has 0 unspecified atom stereocenters. The first-order valence-corrected chi connectivity index (χ1v) is 12.0. The van der Waals surface area contributed by atoms with Gasteiger partial charge in [0, 0.05) is 31.7 Å². The average Bonchev–Trinajstić information content (AvgIpc) is 3.26. The van der Waals surface area contributed by atoms with Gasteiger partial charge in [0.25, 0.3) is 0 Å². The molecule has 0 bridgehead atoms. The number of imidazole rings is 1. The van der Waals surface area contributed by atoms with Gasteiger partial charge in [0.1, 0.15) is 11.6 Å². The van der Waals surface area contributed by atoms with Crippen LogP contribution in [-0.2, 0) is 11.3 Å². The van der Waals surface area contributed by atoms with Gasteiger partial charge in [0.2, 0.25) is 0 Å². The van der Waals surface area contributed by atoms with E-state index in [1.54, 1.807) is 23.0 Å². The largest absolute Gasteiger partial charge is 0.493 e. The molecule has 184 valence electrons. The van der Waals surface area contributed by atoms with E-state index in [2.05, 4.69) is 25.2 Å². The molecule has 1 saturated heterocycles. The molecule has 3 aromatic rings. The van der Waals surface area contributed by atoms with Crippen molar-refractivity contribution in [3.63, 3.8) is 0 Å². The van der Waals surface area contributed by atoms with E-state index in [1.165, 1.54) is 6.07 Å². The van der Waals surface area contributed by atoms with Crippen LogP contribution in [0.15, 0.2) is 24.5 Å². The van der Waals surface area contributed by atoms with Crippen molar-refractivity contribution in [1.29, 1.82) is 0 Å². The first-order chi connectivity index (χ1) is 16.7. The Labute approximate surface area is 199 Å². The predicted octanol–water partition coefficient (Wildman–Crippen LogP) is 3.34. The van der Waals surface area contributed by atoms with Gasteiger partial charge < -0.3 is 24.1 Å². The van der Waals surface area contributed by atoms with Crippen LogP contribution in [0.25, 0.3) is 11.2 Å². The fourth-order valence-electron chi connectivity index (χ4n) is 3.79. The van der Waals surface area contributed by atoms with Crippen molar-refractivity contribution in [3.8, 4) is 11.8 Å². The van der Waals surface area contributed by atoms with Crippen molar-refractivity contribution < 1.29 is 18.6 Å². The Hall–Kier alpha value is -2.98. The normalized spacial score (nSPS) is 14.4. The molecule has 3 heterocycles. The maximum Gasteiger partial charge on any atom is 0.320 e. The van der Waals surface area contributed by atoms with Crippen LogP contribution in [0.2, 0.25) is 0 Å². The molecule has 0 aliphatic carbocycles. The van der Waals surface area contributed by atoms with Crippen LogP contribution in [0.1, 0.15) is 32.3 Å². The molecule has 4 rings (SSSR count). The highest BCUT2D eigenvalue weighted by molar-refractivity contribution is 5.83. The second kappa shape index (κ2) is 11.9. The number of anilines is 1. The number of morpholine rings is 1. The Morgan fingerprint density at radius 2 is 1.88 bits per heavy atom. The zero-order valence-electron chi connectivity index (χ0n) is 19.9. The van der Waals surface area contributed by atoms with E-state index in [-0.39, 0.29) is 18.4 Å². The maximum atomic E-state index is 14.7. The van der Waals surface area contributed by atoms with E-state index >= 15 is 0 Å². The first-order valence-electron chi connectivity index (χ1n) is 12.0. The summed E-state index contributed by atoms with van der Waals surface area (Å²) >= 11 is 0.